The third-order valence-corrected chi connectivity index (χ3v) is 4.36. The molecule has 140 valence electrons. The summed E-state index contributed by atoms with van der Waals surface area (Å²) in [5.74, 6) is 0.570. The minimum Gasteiger partial charge on any atom is -0.343 e. The number of carbonyl (C=O) groups is 1. The molecule has 2 aromatic carbocycles. The topological polar surface area (TPSA) is 85.8 Å². The molecular weight excluding hydrogens is 378 g/mol. The van der Waals surface area contributed by atoms with Gasteiger partial charge in [-0.15, -0.1) is 0 Å². The van der Waals surface area contributed by atoms with Crippen molar-refractivity contribution in [3.8, 4) is 11.4 Å². The van der Waals surface area contributed by atoms with Crippen LogP contribution in [0, 0.1) is 0 Å². The second-order valence-electron chi connectivity index (χ2n) is 6.13. The van der Waals surface area contributed by atoms with Crippen LogP contribution in [0.4, 0.5) is 0 Å². The number of amides is 1. The van der Waals surface area contributed by atoms with Gasteiger partial charge in [-0.3, -0.25) is 4.79 Å². The zero-order chi connectivity index (χ0) is 19.3. The molecule has 28 heavy (non-hydrogen) atoms. The average Bonchev–Trinajstić information content (AvgIpc) is 3.39. The molecule has 4 aromatic rings. The first-order valence-corrected chi connectivity index (χ1v) is 8.96. The molecule has 0 saturated carbocycles. The normalized spacial score (nSPS) is 10.8. The minimum atomic E-state index is -0.208. The first-order valence-electron chi connectivity index (χ1n) is 8.59. The van der Waals surface area contributed by atoms with E-state index in [1.54, 1.807) is 48.9 Å². The van der Waals surface area contributed by atoms with Gasteiger partial charge in [0, 0.05) is 35.1 Å². The van der Waals surface area contributed by atoms with Crippen molar-refractivity contribution in [3.05, 3.63) is 89.3 Å². The van der Waals surface area contributed by atoms with Crippen LogP contribution in [0.3, 0.4) is 0 Å². The predicted molar refractivity (Wildman–Crippen MR) is 104 cm³/mol. The average molecular weight is 394 g/mol. The number of halogens is 1. The summed E-state index contributed by atoms with van der Waals surface area (Å²) in [6, 6.07) is 14.5. The van der Waals surface area contributed by atoms with Crippen molar-refractivity contribution in [1.82, 2.24) is 25.0 Å². The zero-order valence-electron chi connectivity index (χ0n) is 14.7. The van der Waals surface area contributed by atoms with Crippen LogP contribution in [-0.4, -0.2) is 25.6 Å². The number of rotatable bonds is 6. The SMILES string of the molecule is O=C(NCc1nc(-c2ccc(Cl)cc2)no1)c1ccc(Cn2ccnc2)cc1. The maximum absolute atomic E-state index is 12.3. The van der Waals surface area contributed by atoms with E-state index < -0.39 is 0 Å². The van der Waals surface area contributed by atoms with Crippen molar-refractivity contribution < 1.29 is 9.32 Å². The van der Waals surface area contributed by atoms with Crippen molar-refractivity contribution in [2.45, 2.75) is 13.1 Å². The highest BCUT2D eigenvalue weighted by Crippen LogP contribution is 2.18. The molecule has 0 saturated heterocycles. The molecule has 7 nitrogen and oxygen atoms in total. The van der Waals surface area contributed by atoms with Crippen molar-refractivity contribution in [2.24, 2.45) is 0 Å². The Bertz CT molecular complexity index is 1060. The Morgan fingerprint density at radius 3 is 2.61 bits per heavy atom. The Morgan fingerprint density at radius 2 is 1.89 bits per heavy atom. The van der Waals surface area contributed by atoms with E-state index >= 15 is 0 Å². The lowest BCUT2D eigenvalue weighted by molar-refractivity contribution is 0.0946. The summed E-state index contributed by atoms with van der Waals surface area (Å²) in [6.07, 6.45) is 5.38. The fourth-order valence-corrected chi connectivity index (χ4v) is 2.78. The molecule has 0 aliphatic carbocycles. The monoisotopic (exact) mass is 393 g/mol. The second-order valence-corrected chi connectivity index (χ2v) is 6.57. The molecule has 0 aliphatic rings. The fourth-order valence-electron chi connectivity index (χ4n) is 2.65. The second kappa shape index (κ2) is 8.06. The molecule has 1 N–H and O–H groups in total. The third-order valence-electron chi connectivity index (χ3n) is 4.11. The first kappa shape index (κ1) is 17.9. The fraction of sp³-hybridized carbons (Fsp3) is 0.100. The van der Waals surface area contributed by atoms with Gasteiger partial charge >= 0.3 is 0 Å². The van der Waals surface area contributed by atoms with Crippen molar-refractivity contribution >= 4 is 17.5 Å². The quantitative estimate of drug-likeness (QED) is 0.541. The number of carbonyl (C=O) groups excluding carboxylic acids is 1. The minimum absolute atomic E-state index is 0.149. The van der Waals surface area contributed by atoms with Gasteiger partial charge in [-0.25, -0.2) is 4.98 Å². The summed E-state index contributed by atoms with van der Waals surface area (Å²) in [5.41, 5.74) is 2.44. The van der Waals surface area contributed by atoms with Crippen LogP contribution in [0.15, 0.2) is 71.8 Å². The Kier molecular flexibility index (Phi) is 5.16. The van der Waals surface area contributed by atoms with Gasteiger partial charge in [0.2, 0.25) is 11.7 Å². The molecule has 1 amide bonds. The van der Waals surface area contributed by atoms with E-state index in [1.807, 2.05) is 22.9 Å². The van der Waals surface area contributed by atoms with Gasteiger partial charge in [0.1, 0.15) is 0 Å². The molecule has 0 radical (unpaired) electrons. The van der Waals surface area contributed by atoms with E-state index in [1.165, 1.54) is 0 Å². The zero-order valence-corrected chi connectivity index (χ0v) is 15.5. The Labute approximate surface area is 166 Å². The summed E-state index contributed by atoms with van der Waals surface area (Å²) < 4.78 is 7.16. The smallest absolute Gasteiger partial charge is 0.251 e. The molecule has 2 aromatic heterocycles. The van der Waals surface area contributed by atoms with E-state index in [0.717, 1.165) is 11.1 Å². The van der Waals surface area contributed by atoms with E-state index in [2.05, 4.69) is 20.4 Å². The molecule has 2 heterocycles. The summed E-state index contributed by atoms with van der Waals surface area (Å²) in [5, 5.41) is 7.34. The first-order chi connectivity index (χ1) is 13.7. The molecule has 0 fully saturated rings. The molecule has 0 bridgehead atoms. The van der Waals surface area contributed by atoms with E-state index in [0.29, 0.717) is 28.8 Å². The Hall–Kier alpha value is -3.45. The molecular formula is C20H16ClN5O2. The lowest BCUT2D eigenvalue weighted by atomic mass is 10.1. The van der Waals surface area contributed by atoms with Crippen molar-refractivity contribution in [1.29, 1.82) is 0 Å². The highest BCUT2D eigenvalue weighted by atomic mass is 35.5. The molecule has 0 spiro atoms. The van der Waals surface area contributed by atoms with Gasteiger partial charge in [-0.1, -0.05) is 28.9 Å². The van der Waals surface area contributed by atoms with Crippen molar-refractivity contribution in [2.75, 3.05) is 0 Å². The van der Waals surface area contributed by atoms with Gasteiger partial charge in [0.25, 0.3) is 5.91 Å². The van der Waals surface area contributed by atoms with E-state index in [4.69, 9.17) is 16.1 Å². The number of hydrogen-bond acceptors (Lipinski definition) is 5. The Morgan fingerprint density at radius 1 is 1.11 bits per heavy atom. The van der Waals surface area contributed by atoms with E-state index in [9.17, 15) is 4.79 Å². The number of nitrogens with zero attached hydrogens (tertiary/aromatic N) is 4. The molecule has 0 unspecified atom stereocenters. The maximum Gasteiger partial charge on any atom is 0.251 e. The van der Waals surface area contributed by atoms with Gasteiger partial charge < -0.3 is 14.4 Å². The summed E-state index contributed by atoms with van der Waals surface area (Å²) in [4.78, 5) is 20.6. The Balaban J connectivity index is 1.34. The standard InChI is InChI=1S/C20H16ClN5O2/c21-17-7-5-15(6-8-17)19-24-18(28-25-19)11-23-20(27)16-3-1-14(2-4-16)12-26-10-9-22-13-26/h1-10,13H,11-12H2,(H,23,27). The molecule has 8 heteroatoms. The summed E-state index contributed by atoms with van der Waals surface area (Å²) in [6.45, 7) is 0.855. The van der Waals surface area contributed by atoms with Gasteiger partial charge in [0.05, 0.1) is 12.9 Å². The maximum atomic E-state index is 12.3. The highest BCUT2D eigenvalue weighted by Gasteiger charge is 2.11. The largest absolute Gasteiger partial charge is 0.343 e. The number of hydrogen-bond donors (Lipinski definition) is 1. The number of benzene rings is 2. The molecule has 0 aliphatic heterocycles. The molecule has 4 rings (SSSR count). The van der Waals surface area contributed by atoms with Gasteiger partial charge in [-0.2, -0.15) is 4.98 Å². The van der Waals surface area contributed by atoms with E-state index in [-0.39, 0.29) is 12.5 Å². The number of nitrogens with one attached hydrogen (secondary N) is 1. The lowest BCUT2D eigenvalue weighted by Crippen LogP contribution is -2.22. The summed E-state index contributed by atoms with van der Waals surface area (Å²) >= 11 is 5.88. The summed E-state index contributed by atoms with van der Waals surface area (Å²) in [7, 11) is 0. The van der Waals surface area contributed by atoms with Crippen LogP contribution in [0.5, 0.6) is 0 Å². The third kappa shape index (κ3) is 4.27. The number of aromatic nitrogens is 4. The number of imidazole rings is 1. The van der Waals surface area contributed by atoms with Gasteiger partial charge in [-0.05, 0) is 42.0 Å². The van der Waals surface area contributed by atoms with Crippen molar-refractivity contribution in [3.63, 3.8) is 0 Å². The highest BCUT2D eigenvalue weighted by molar-refractivity contribution is 6.30. The van der Waals surface area contributed by atoms with Gasteiger partial charge in [0.15, 0.2) is 0 Å². The molecule has 0 atom stereocenters. The van der Waals surface area contributed by atoms with Crippen LogP contribution < -0.4 is 5.32 Å². The predicted octanol–water partition coefficient (Wildman–Crippen LogP) is 3.56. The van der Waals surface area contributed by atoms with Crippen LogP contribution in [0.2, 0.25) is 5.02 Å². The van der Waals surface area contributed by atoms with Crippen LogP contribution >= 0.6 is 11.6 Å². The van der Waals surface area contributed by atoms with Crippen LogP contribution in [0.1, 0.15) is 21.8 Å². The van der Waals surface area contributed by atoms with Crippen LogP contribution in [0.25, 0.3) is 11.4 Å². The van der Waals surface area contributed by atoms with Crippen LogP contribution in [-0.2, 0) is 13.1 Å². The lowest BCUT2D eigenvalue weighted by Gasteiger charge is -2.05.